The van der Waals surface area contributed by atoms with E-state index in [0.29, 0.717) is 24.3 Å². The number of para-hydroxylation sites is 1. The van der Waals surface area contributed by atoms with Crippen molar-refractivity contribution in [2.45, 2.75) is 19.5 Å². The number of aromatic nitrogens is 1. The van der Waals surface area contributed by atoms with Crippen LogP contribution in [0.25, 0.3) is 0 Å². The molecule has 4 aromatic rings. The van der Waals surface area contributed by atoms with Crippen molar-refractivity contribution in [3.8, 4) is 0 Å². The zero-order valence-corrected chi connectivity index (χ0v) is 20.1. The molecule has 0 saturated heterocycles. The monoisotopic (exact) mass is 495 g/mol. The Kier molecular flexibility index (Phi) is 7.07. The SMILES string of the molecule is O=C(Nc1ccc(N2CCc3ccccc3C2)c(C(=O)NCc2cccnc2)c1)Nc1ccccc1F. The van der Waals surface area contributed by atoms with Crippen LogP contribution in [0.5, 0.6) is 0 Å². The minimum Gasteiger partial charge on any atom is -0.366 e. The average Bonchev–Trinajstić information content (AvgIpc) is 2.93. The fourth-order valence-corrected chi connectivity index (χ4v) is 4.40. The van der Waals surface area contributed by atoms with Gasteiger partial charge in [-0.15, -0.1) is 0 Å². The van der Waals surface area contributed by atoms with Crippen molar-refractivity contribution in [3.05, 3.63) is 119 Å². The third-order valence-corrected chi connectivity index (χ3v) is 6.27. The number of carbonyl (C=O) groups excluding carboxylic acids is 2. The number of carbonyl (C=O) groups is 2. The second-order valence-corrected chi connectivity index (χ2v) is 8.78. The molecule has 8 heteroatoms. The molecule has 0 aliphatic carbocycles. The van der Waals surface area contributed by atoms with Gasteiger partial charge in [-0.1, -0.05) is 42.5 Å². The second kappa shape index (κ2) is 10.9. The number of amides is 3. The maximum Gasteiger partial charge on any atom is 0.323 e. The van der Waals surface area contributed by atoms with Crippen molar-refractivity contribution in [1.82, 2.24) is 10.3 Å². The van der Waals surface area contributed by atoms with Crippen LogP contribution in [-0.2, 0) is 19.5 Å². The van der Waals surface area contributed by atoms with E-state index in [1.54, 1.807) is 36.7 Å². The number of urea groups is 1. The molecule has 0 unspecified atom stereocenters. The lowest BCUT2D eigenvalue weighted by atomic mass is 9.98. The highest BCUT2D eigenvalue weighted by Gasteiger charge is 2.22. The van der Waals surface area contributed by atoms with Crippen molar-refractivity contribution in [1.29, 1.82) is 0 Å². The molecule has 5 rings (SSSR count). The lowest BCUT2D eigenvalue weighted by molar-refractivity contribution is 0.0951. The predicted octanol–water partition coefficient (Wildman–Crippen LogP) is 5.36. The minimum atomic E-state index is -0.605. The number of nitrogens with zero attached hydrogens (tertiary/aromatic N) is 2. The van der Waals surface area contributed by atoms with E-state index in [1.165, 1.54) is 23.3 Å². The van der Waals surface area contributed by atoms with Gasteiger partial charge in [0.25, 0.3) is 5.91 Å². The highest BCUT2D eigenvalue weighted by molar-refractivity contribution is 6.04. The lowest BCUT2D eigenvalue weighted by Crippen LogP contribution is -2.33. The number of halogens is 1. The van der Waals surface area contributed by atoms with Crippen LogP contribution in [0.1, 0.15) is 27.0 Å². The highest BCUT2D eigenvalue weighted by atomic mass is 19.1. The summed E-state index contributed by atoms with van der Waals surface area (Å²) in [5.74, 6) is -0.801. The molecule has 7 nitrogen and oxygen atoms in total. The van der Waals surface area contributed by atoms with Gasteiger partial charge in [0.15, 0.2) is 0 Å². The fourth-order valence-electron chi connectivity index (χ4n) is 4.40. The smallest absolute Gasteiger partial charge is 0.323 e. The van der Waals surface area contributed by atoms with E-state index in [2.05, 4.69) is 38.0 Å². The molecule has 1 aliphatic heterocycles. The molecule has 3 N–H and O–H groups in total. The van der Waals surface area contributed by atoms with E-state index in [0.717, 1.165) is 24.2 Å². The van der Waals surface area contributed by atoms with Gasteiger partial charge in [-0.25, -0.2) is 9.18 Å². The summed E-state index contributed by atoms with van der Waals surface area (Å²) in [6.07, 6.45) is 4.25. The van der Waals surface area contributed by atoms with Crippen molar-refractivity contribution in [3.63, 3.8) is 0 Å². The molecule has 3 amide bonds. The van der Waals surface area contributed by atoms with E-state index < -0.39 is 11.8 Å². The Morgan fingerprint density at radius 1 is 0.919 bits per heavy atom. The number of benzene rings is 3. The first-order chi connectivity index (χ1) is 18.1. The molecular weight excluding hydrogens is 469 g/mol. The summed E-state index contributed by atoms with van der Waals surface area (Å²) in [6.45, 7) is 1.76. The molecule has 0 radical (unpaired) electrons. The van der Waals surface area contributed by atoms with Gasteiger partial charge in [0.2, 0.25) is 0 Å². The Morgan fingerprint density at radius 3 is 2.54 bits per heavy atom. The van der Waals surface area contributed by atoms with Gasteiger partial charge in [0, 0.05) is 43.4 Å². The summed E-state index contributed by atoms with van der Waals surface area (Å²) in [5, 5.41) is 8.17. The maximum atomic E-state index is 13.9. The molecule has 0 bridgehead atoms. The topological polar surface area (TPSA) is 86.4 Å². The predicted molar refractivity (Wildman–Crippen MR) is 142 cm³/mol. The molecule has 3 aromatic carbocycles. The molecule has 0 fully saturated rings. The first-order valence-electron chi connectivity index (χ1n) is 12.0. The molecule has 0 spiro atoms. The summed E-state index contributed by atoms with van der Waals surface area (Å²) >= 11 is 0. The molecule has 2 heterocycles. The number of fused-ring (bicyclic) bond motifs is 1. The molecular formula is C29H26FN5O2. The number of pyridine rings is 1. The van der Waals surface area contributed by atoms with Gasteiger partial charge < -0.3 is 20.9 Å². The average molecular weight is 496 g/mol. The number of hydrogen-bond donors (Lipinski definition) is 3. The third-order valence-electron chi connectivity index (χ3n) is 6.27. The van der Waals surface area contributed by atoms with Crippen molar-refractivity contribution < 1.29 is 14.0 Å². The van der Waals surface area contributed by atoms with Crippen LogP contribution in [0, 0.1) is 5.82 Å². The summed E-state index contributed by atoms with van der Waals surface area (Å²) in [7, 11) is 0. The Labute approximate surface area is 214 Å². The fraction of sp³-hybridized carbons (Fsp3) is 0.138. The lowest BCUT2D eigenvalue weighted by Gasteiger charge is -2.32. The Morgan fingerprint density at radius 2 is 1.73 bits per heavy atom. The van der Waals surface area contributed by atoms with Gasteiger partial charge in [-0.2, -0.15) is 0 Å². The molecule has 186 valence electrons. The van der Waals surface area contributed by atoms with Gasteiger partial charge >= 0.3 is 6.03 Å². The standard InChI is InChI=1S/C29H26FN5O2/c30-25-9-3-4-10-26(25)34-29(37)33-23-11-12-27(35-15-13-21-7-1-2-8-22(21)19-35)24(16-23)28(36)32-18-20-6-5-14-31-17-20/h1-12,14,16-17H,13,15,18-19H2,(H,32,36)(H2,33,34,37). The second-order valence-electron chi connectivity index (χ2n) is 8.78. The molecule has 1 aliphatic rings. The van der Waals surface area contributed by atoms with Crippen LogP contribution in [-0.4, -0.2) is 23.5 Å². The van der Waals surface area contributed by atoms with Crippen LogP contribution >= 0.6 is 0 Å². The third kappa shape index (κ3) is 5.75. The molecule has 0 atom stereocenters. The van der Waals surface area contributed by atoms with E-state index in [1.807, 2.05) is 30.3 Å². The zero-order valence-electron chi connectivity index (χ0n) is 20.1. The number of hydrogen-bond acceptors (Lipinski definition) is 4. The Bertz CT molecular complexity index is 1430. The van der Waals surface area contributed by atoms with Crippen LogP contribution in [0.4, 0.5) is 26.2 Å². The summed E-state index contributed by atoms with van der Waals surface area (Å²) in [4.78, 5) is 32.2. The summed E-state index contributed by atoms with van der Waals surface area (Å²) in [6, 6.07) is 22.6. The van der Waals surface area contributed by atoms with E-state index in [9.17, 15) is 14.0 Å². The van der Waals surface area contributed by atoms with E-state index in [-0.39, 0.29) is 11.6 Å². The first-order valence-corrected chi connectivity index (χ1v) is 12.0. The van der Waals surface area contributed by atoms with Gasteiger partial charge in [-0.05, 0) is 59.5 Å². The van der Waals surface area contributed by atoms with Crippen molar-refractivity contribution >= 4 is 29.0 Å². The number of nitrogens with one attached hydrogen (secondary N) is 3. The van der Waals surface area contributed by atoms with Crippen molar-refractivity contribution in [2.75, 3.05) is 22.1 Å². The summed E-state index contributed by atoms with van der Waals surface area (Å²) < 4.78 is 13.9. The largest absolute Gasteiger partial charge is 0.366 e. The first kappa shape index (κ1) is 24.0. The van der Waals surface area contributed by atoms with Crippen LogP contribution in [0.3, 0.4) is 0 Å². The zero-order chi connectivity index (χ0) is 25.6. The quantitative estimate of drug-likeness (QED) is 0.336. The molecule has 0 saturated carbocycles. The van der Waals surface area contributed by atoms with Crippen LogP contribution in [0.15, 0.2) is 91.3 Å². The normalized spacial score (nSPS) is 12.4. The van der Waals surface area contributed by atoms with Crippen LogP contribution in [0.2, 0.25) is 0 Å². The van der Waals surface area contributed by atoms with E-state index >= 15 is 0 Å². The van der Waals surface area contributed by atoms with Gasteiger partial charge in [-0.3, -0.25) is 9.78 Å². The molecule has 1 aromatic heterocycles. The van der Waals surface area contributed by atoms with Gasteiger partial charge in [0.1, 0.15) is 5.82 Å². The highest BCUT2D eigenvalue weighted by Crippen LogP contribution is 2.30. The van der Waals surface area contributed by atoms with Crippen LogP contribution < -0.4 is 20.9 Å². The maximum absolute atomic E-state index is 13.9. The van der Waals surface area contributed by atoms with Gasteiger partial charge in [0.05, 0.1) is 11.3 Å². The minimum absolute atomic E-state index is 0.0676. The van der Waals surface area contributed by atoms with Crippen molar-refractivity contribution in [2.24, 2.45) is 0 Å². The number of anilines is 3. The Hall–Kier alpha value is -4.72. The number of rotatable bonds is 6. The van der Waals surface area contributed by atoms with E-state index in [4.69, 9.17) is 0 Å². The summed E-state index contributed by atoms with van der Waals surface area (Å²) in [5.41, 5.74) is 5.11. The Balaban J connectivity index is 1.39. The molecule has 37 heavy (non-hydrogen) atoms.